The Hall–Kier alpha value is -2.49. The van der Waals surface area contributed by atoms with Gasteiger partial charge in [-0.15, -0.1) is 12.3 Å². The Kier molecular flexibility index (Phi) is 18.8. The average molecular weight is 805 g/mol. The lowest BCUT2D eigenvalue weighted by Gasteiger charge is -2.40. The van der Waals surface area contributed by atoms with Gasteiger partial charge in [0.15, 0.2) is 16.6 Å². The first-order valence-corrected chi connectivity index (χ1v) is 26.7. The molecule has 2 aliphatic heterocycles. The number of methoxy groups -OCH3 is 1. The zero-order valence-electron chi connectivity index (χ0n) is 37.1. The van der Waals surface area contributed by atoms with Gasteiger partial charge >= 0.3 is 0 Å². The molecule has 0 saturated carbocycles. The van der Waals surface area contributed by atoms with Crippen LogP contribution >= 0.6 is 0 Å². The van der Waals surface area contributed by atoms with Crippen LogP contribution in [0.3, 0.4) is 0 Å². The van der Waals surface area contributed by atoms with E-state index in [1.54, 1.807) is 7.11 Å². The summed E-state index contributed by atoms with van der Waals surface area (Å²) in [5.74, 6) is 3.56. The van der Waals surface area contributed by atoms with Crippen molar-refractivity contribution in [2.45, 2.75) is 179 Å². The van der Waals surface area contributed by atoms with Crippen LogP contribution in [-0.2, 0) is 29.7 Å². The molecule has 8 heteroatoms. The number of rotatable bonds is 21. The Morgan fingerprint density at radius 1 is 1.02 bits per heavy atom. The van der Waals surface area contributed by atoms with Crippen LogP contribution in [0.1, 0.15) is 105 Å². The molecule has 6 atom stereocenters. The summed E-state index contributed by atoms with van der Waals surface area (Å²) in [7, 11) is -2.60. The topological polar surface area (TPSA) is 55.4 Å². The molecule has 1 unspecified atom stereocenters. The normalized spacial score (nSPS) is 21.5. The first kappa shape index (κ1) is 47.9. The van der Waals surface area contributed by atoms with E-state index >= 15 is 0 Å². The van der Waals surface area contributed by atoms with E-state index < -0.39 is 16.6 Å². The molecule has 2 aliphatic rings. The van der Waals surface area contributed by atoms with Gasteiger partial charge in [0.25, 0.3) is 0 Å². The molecular weight excluding hydrogens is 729 g/mol. The van der Waals surface area contributed by atoms with Gasteiger partial charge < -0.3 is 27.8 Å². The van der Waals surface area contributed by atoms with Crippen LogP contribution in [0.2, 0.25) is 36.3 Å². The number of hydrogen-bond donors (Lipinski definition) is 0. The Labute approximate surface area is 344 Å². The second kappa shape index (κ2) is 22.0. The van der Waals surface area contributed by atoms with Crippen molar-refractivity contribution in [3.8, 4) is 18.1 Å². The SMILES string of the molecule is C#CC[C@@H]1C=CC[C@@H](CCCC(=C)CC(/C=C/C[C@H](OCc2ccc(OC)cc2)[C@H](/C=C/[C@@H]2CC(C)=CCO2)O[Si](C)(C)C(C)(C)C)O[Si](C)(C)C(C)(C)C)O1. The van der Waals surface area contributed by atoms with E-state index in [1.165, 1.54) is 11.1 Å². The lowest BCUT2D eigenvalue weighted by molar-refractivity contribution is -0.0204. The van der Waals surface area contributed by atoms with Crippen LogP contribution in [0.5, 0.6) is 5.75 Å². The van der Waals surface area contributed by atoms with Crippen molar-refractivity contribution in [2.75, 3.05) is 13.7 Å². The minimum absolute atomic E-state index is 0.0159. The van der Waals surface area contributed by atoms with Gasteiger partial charge in [0.2, 0.25) is 0 Å². The smallest absolute Gasteiger partial charge is 0.193 e. The molecule has 0 N–H and O–H groups in total. The second-order valence-electron chi connectivity index (χ2n) is 18.8. The summed E-state index contributed by atoms with van der Waals surface area (Å²) in [4.78, 5) is 0. The minimum atomic E-state index is -2.20. The molecule has 0 aliphatic carbocycles. The summed E-state index contributed by atoms with van der Waals surface area (Å²) >= 11 is 0. The Bertz CT molecular complexity index is 1520. The first-order chi connectivity index (χ1) is 26.2. The van der Waals surface area contributed by atoms with Gasteiger partial charge in [0, 0.05) is 6.42 Å². The Balaban J connectivity index is 1.87. The maximum atomic E-state index is 7.21. The molecule has 56 heavy (non-hydrogen) atoms. The summed E-state index contributed by atoms with van der Waals surface area (Å²) < 4.78 is 38.9. The fraction of sp³-hybridized carbons (Fsp3) is 0.625. The number of benzene rings is 1. The third kappa shape index (κ3) is 16.0. The van der Waals surface area contributed by atoms with E-state index in [0.29, 0.717) is 26.1 Å². The Morgan fingerprint density at radius 3 is 2.32 bits per heavy atom. The zero-order chi connectivity index (χ0) is 41.6. The molecule has 0 amide bonds. The van der Waals surface area contributed by atoms with Gasteiger partial charge in [-0.3, -0.25) is 0 Å². The minimum Gasteiger partial charge on any atom is -0.497 e. The van der Waals surface area contributed by atoms with Crippen molar-refractivity contribution in [3.05, 3.63) is 90.1 Å². The zero-order valence-corrected chi connectivity index (χ0v) is 39.1. The lowest BCUT2D eigenvalue weighted by atomic mass is 9.99. The van der Waals surface area contributed by atoms with Gasteiger partial charge in [-0.2, -0.15) is 0 Å². The molecule has 0 saturated heterocycles. The summed E-state index contributed by atoms with van der Waals surface area (Å²) in [6, 6.07) is 8.10. The van der Waals surface area contributed by atoms with Crippen molar-refractivity contribution < 1.29 is 27.8 Å². The van der Waals surface area contributed by atoms with Crippen molar-refractivity contribution in [1.82, 2.24) is 0 Å². The maximum Gasteiger partial charge on any atom is 0.193 e. The lowest BCUT2D eigenvalue weighted by Crippen LogP contribution is -2.47. The third-order valence-corrected chi connectivity index (χ3v) is 20.9. The van der Waals surface area contributed by atoms with Gasteiger partial charge in [-0.1, -0.05) is 114 Å². The molecule has 0 fully saturated rings. The predicted octanol–water partition coefficient (Wildman–Crippen LogP) is 12.5. The number of terminal acetylenes is 1. The van der Waals surface area contributed by atoms with Crippen molar-refractivity contribution in [2.24, 2.45) is 0 Å². The van der Waals surface area contributed by atoms with E-state index in [-0.39, 0.29) is 46.7 Å². The quantitative estimate of drug-likeness (QED) is 0.0701. The monoisotopic (exact) mass is 805 g/mol. The fourth-order valence-corrected chi connectivity index (χ4v) is 8.83. The van der Waals surface area contributed by atoms with Crippen LogP contribution in [0.4, 0.5) is 0 Å². The maximum absolute atomic E-state index is 7.21. The Morgan fingerprint density at radius 2 is 1.70 bits per heavy atom. The van der Waals surface area contributed by atoms with Gasteiger partial charge in [-0.05, 0) is 106 Å². The highest BCUT2D eigenvalue weighted by Crippen LogP contribution is 2.40. The molecule has 0 aromatic heterocycles. The van der Waals surface area contributed by atoms with Crippen molar-refractivity contribution in [3.63, 3.8) is 0 Å². The molecule has 0 spiro atoms. The van der Waals surface area contributed by atoms with Crippen LogP contribution in [-0.4, -0.2) is 67.0 Å². The third-order valence-electron chi connectivity index (χ3n) is 12.0. The standard InChI is InChI=1S/C48H76O6Si2/c1-15-19-41-22-17-23-42(52-41)21-16-20-37(2)35-44(53-55(11,12)47(4,5)6)24-18-25-45(51-36-39-26-28-40(49-10)29-27-39)46(54-56(13,14)48(7,8)9)31-30-43-34-38(3)32-33-50-43/h1,17-18,22,24,26-32,41-46H,2,16,19-21,23,25,33-36H2,3-14H3/b24-18+,31-30+/t41-,42-,43-,44?,45+,46+/m1/s1. The van der Waals surface area contributed by atoms with E-state index in [4.69, 9.17) is 34.2 Å². The molecule has 1 aromatic carbocycles. The van der Waals surface area contributed by atoms with Gasteiger partial charge in [0.05, 0.1) is 56.9 Å². The molecule has 6 nitrogen and oxygen atoms in total. The second-order valence-corrected chi connectivity index (χ2v) is 28.4. The van der Waals surface area contributed by atoms with E-state index in [0.717, 1.165) is 49.8 Å². The van der Waals surface area contributed by atoms with Gasteiger partial charge in [-0.25, -0.2) is 0 Å². The molecule has 0 radical (unpaired) electrons. The molecular formula is C48H76O6Si2. The van der Waals surface area contributed by atoms with Crippen LogP contribution in [0, 0.1) is 12.3 Å². The van der Waals surface area contributed by atoms with Crippen molar-refractivity contribution >= 4 is 16.6 Å². The summed E-state index contributed by atoms with van der Waals surface area (Å²) in [6.07, 6.45) is 27.5. The molecule has 1 aromatic rings. The number of ether oxygens (including phenoxy) is 4. The largest absolute Gasteiger partial charge is 0.497 e. The van der Waals surface area contributed by atoms with Gasteiger partial charge in [0.1, 0.15) is 5.75 Å². The summed E-state index contributed by atoms with van der Waals surface area (Å²) in [5.41, 5.74) is 3.64. The number of hydrogen-bond acceptors (Lipinski definition) is 6. The highest BCUT2D eigenvalue weighted by Gasteiger charge is 2.41. The fourth-order valence-electron chi connectivity index (χ4n) is 6.29. The van der Waals surface area contributed by atoms with E-state index in [1.807, 2.05) is 12.1 Å². The van der Waals surface area contributed by atoms with Crippen LogP contribution < -0.4 is 4.74 Å². The predicted molar refractivity (Wildman–Crippen MR) is 240 cm³/mol. The first-order valence-electron chi connectivity index (χ1n) is 20.9. The van der Waals surface area contributed by atoms with E-state index in [2.05, 4.69) is 142 Å². The molecule has 0 bridgehead atoms. The molecule has 3 rings (SSSR count). The molecule has 312 valence electrons. The average Bonchev–Trinajstić information content (AvgIpc) is 3.11. The van der Waals surface area contributed by atoms with Crippen molar-refractivity contribution in [1.29, 1.82) is 0 Å². The summed E-state index contributed by atoms with van der Waals surface area (Å²) in [5, 5.41) is 0.106. The highest BCUT2D eigenvalue weighted by atomic mass is 28.4. The molecule has 2 heterocycles. The van der Waals surface area contributed by atoms with E-state index in [9.17, 15) is 0 Å². The highest BCUT2D eigenvalue weighted by molar-refractivity contribution is 6.74. The van der Waals surface area contributed by atoms with Crippen LogP contribution in [0.15, 0.2) is 84.5 Å². The summed E-state index contributed by atoms with van der Waals surface area (Å²) in [6.45, 7) is 30.9. The van der Waals surface area contributed by atoms with Crippen LogP contribution in [0.25, 0.3) is 0 Å².